The van der Waals surface area contributed by atoms with Gasteiger partial charge >= 0.3 is 0 Å². The highest BCUT2D eigenvalue weighted by atomic mass is 32.2. The highest BCUT2D eigenvalue weighted by molar-refractivity contribution is 7.99. The number of nitrogens with two attached hydrogens (primary N) is 1. The molecule has 18 heavy (non-hydrogen) atoms. The molecule has 0 bridgehead atoms. The van der Waals surface area contributed by atoms with Crippen LogP contribution < -0.4 is 5.73 Å². The summed E-state index contributed by atoms with van der Waals surface area (Å²) in [5, 5.41) is 0. The standard InChI is InChI=1S/C14H21FN2S/c15-13-6-1-2-7-14(13)18-10-9-17-8-4-3-5-12(17)11-16/h1-2,6-7,12H,3-5,8-11,16H2. The number of nitrogens with zero attached hydrogens (tertiary/aromatic N) is 1. The molecule has 0 radical (unpaired) electrons. The van der Waals surface area contributed by atoms with Crippen molar-refractivity contribution in [2.45, 2.75) is 30.2 Å². The zero-order chi connectivity index (χ0) is 12.8. The van der Waals surface area contributed by atoms with Crippen LogP contribution in [0, 0.1) is 5.82 Å². The van der Waals surface area contributed by atoms with E-state index in [2.05, 4.69) is 4.90 Å². The van der Waals surface area contributed by atoms with Crippen molar-refractivity contribution in [2.24, 2.45) is 5.73 Å². The lowest BCUT2D eigenvalue weighted by Gasteiger charge is -2.34. The molecule has 1 unspecified atom stereocenters. The fourth-order valence-corrected chi connectivity index (χ4v) is 3.38. The maximum Gasteiger partial charge on any atom is 0.136 e. The van der Waals surface area contributed by atoms with Gasteiger partial charge < -0.3 is 5.73 Å². The Bertz CT molecular complexity index is 373. The van der Waals surface area contributed by atoms with Gasteiger partial charge in [-0.05, 0) is 31.5 Å². The van der Waals surface area contributed by atoms with Crippen molar-refractivity contribution in [1.82, 2.24) is 4.90 Å². The molecule has 0 aliphatic carbocycles. The molecule has 1 aromatic carbocycles. The molecule has 0 spiro atoms. The third kappa shape index (κ3) is 3.70. The van der Waals surface area contributed by atoms with Gasteiger partial charge in [-0.25, -0.2) is 4.39 Å². The van der Waals surface area contributed by atoms with Gasteiger partial charge in [0.05, 0.1) is 0 Å². The molecule has 0 aromatic heterocycles. The number of hydrogen-bond acceptors (Lipinski definition) is 3. The average Bonchev–Trinajstić information content (AvgIpc) is 2.41. The summed E-state index contributed by atoms with van der Waals surface area (Å²) in [7, 11) is 0. The van der Waals surface area contributed by atoms with Gasteiger partial charge in [0, 0.05) is 29.8 Å². The Morgan fingerprint density at radius 2 is 2.17 bits per heavy atom. The zero-order valence-corrected chi connectivity index (χ0v) is 11.5. The van der Waals surface area contributed by atoms with Gasteiger partial charge in [0.1, 0.15) is 5.82 Å². The number of benzene rings is 1. The van der Waals surface area contributed by atoms with E-state index in [4.69, 9.17) is 5.73 Å². The van der Waals surface area contributed by atoms with E-state index in [1.54, 1.807) is 17.8 Å². The second-order valence-corrected chi connectivity index (χ2v) is 5.84. The highest BCUT2D eigenvalue weighted by Gasteiger charge is 2.20. The van der Waals surface area contributed by atoms with Gasteiger partial charge in [-0.2, -0.15) is 0 Å². The minimum atomic E-state index is -0.114. The monoisotopic (exact) mass is 268 g/mol. The molecule has 100 valence electrons. The van der Waals surface area contributed by atoms with Crippen molar-refractivity contribution >= 4 is 11.8 Å². The molecule has 1 heterocycles. The first kappa shape index (κ1) is 13.8. The van der Waals surface area contributed by atoms with Crippen molar-refractivity contribution in [3.05, 3.63) is 30.1 Å². The van der Waals surface area contributed by atoms with Gasteiger partial charge in [-0.15, -0.1) is 11.8 Å². The van der Waals surface area contributed by atoms with Crippen LogP contribution in [-0.4, -0.2) is 36.3 Å². The van der Waals surface area contributed by atoms with Crippen LogP contribution in [0.2, 0.25) is 0 Å². The molecule has 0 amide bonds. The van der Waals surface area contributed by atoms with E-state index < -0.39 is 0 Å². The summed E-state index contributed by atoms with van der Waals surface area (Å²) < 4.78 is 13.4. The van der Waals surface area contributed by atoms with E-state index in [1.165, 1.54) is 25.3 Å². The molecule has 1 fully saturated rings. The smallest absolute Gasteiger partial charge is 0.136 e. The minimum absolute atomic E-state index is 0.114. The maximum atomic E-state index is 13.4. The van der Waals surface area contributed by atoms with Crippen LogP contribution in [0.5, 0.6) is 0 Å². The lowest BCUT2D eigenvalue weighted by atomic mass is 10.0. The van der Waals surface area contributed by atoms with E-state index in [9.17, 15) is 4.39 Å². The molecule has 1 atom stereocenters. The normalized spacial score (nSPS) is 21.1. The van der Waals surface area contributed by atoms with Crippen LogP contribution in [0.25, 0.3) is 0 Å². The molecule has 2 nitrogen and oxygen atoms in total. The largest absolute Gasteiger partial charge is 0.329 e. The Hall–Kier alpha value is -0.580. The fourth-order valence-electron chi connectivity index (χ4n) is 2.46. The third-order valence-electron chi connectivity index (χ3n) is 3.49. The van der Waals surface area contributed by atoms with Gasteiger partial charge in [-0.1, -0.05) is 18.6 Å². The first-order valence-corrected chi connectivity index (χ1v) is 7.61. The predicted molar refractivity (Wildman–Crippen MR) is 75.4 cm³/mol. The van der Waals surface area contributed by atoms with E-state index in [0.717, 1.165) is 30.3 Å². The molecule has 1 aliphatic rings. The van der Waals surface area contributed by atoms with Crippen LogP contribution >= 0.6 is 11.8 Å². The number of hydrogen-bond donors (Lipinski definition) is 1. The average molecular weight is 268 g/mol. The SMILES string of the molecule is NCC1CCCCN1CCSc1ccccc1F. The first-order chi connectivity index (χ1) is 8.81. The van der Waals surface area contributed by atoms with Crippen molar-refractivity contribution in [2.75, 3.05) is 25.4 Å². The Morgan fingerprint density at radius 1 is 1.33 bits per heavy atom. The Morgan fingerprint density at radius 3 is 2.94 bits per heavy atom. The van der Waals surface area contributed by atoms with Crippen molar-refractivity contribution in [3.63, 3.8) is 0 Å². The Labute approximate surface area is 113 Å². The van der Waals surface area contributed by atoms with Crippen LogP contribution in [-0.2, 0) is 0 Å². The number of rotatable bonds is 5. The van der Waals surface area contributed by atoms with Crippen LogP contribution in [0.3, 0.4) is 0 Å². The third-order valence-corrected chi connectivity index (χ3v) is 4.52. The quantitative estimate of drug-likeness (QED) is 0.833. The van der Waals surface area contributed by atoms with Crippen molar-refractivity contribution in [1.29, 1.82) is 0 Å². The highest BCUT2D eigenvalue weighted by Crippen LogP contribution is 2.22. The summed E-state index contributed by atoms with van der Waals surface area (Å²) in [4.78, 5) is 3.20. The lowest BCUT2D eigenvalue weighted by molar-refractivity contribution is 0.163. The number of thioether (sulfide) groups is 1. The predicted octanol–water partition coefficient (Wildman–Crippen LogP) is 2.73. The molecular formula is C14H21FN2S. The fraction of sp³-hybridized carbons (Fsp3) is 0.571. The Kier molecular flexibility index (Phi) is 5.47. The van der Waals surface area contributed by atoms with Gasteiger partial charge in [-0.3, -0.25) is 4.90 Å². The van der Waals surface area contributed by atoms with Gasteiger partial charge in [0.25, 0.3) is 0 Å². The Balaban J connectivity index is 1.79. The molecule has 1 aliphatic heterocycles. The lowest BCUT2D eigenvalue weighted by Crippen LogP contribution is -2.44. The van der Waals surface area contributed by atoms with Crippen LogP contribution in [0.15, 0.2) is 29.2 Å². The second-order valence-electron chi connectivity index (χ2n) is 4.70. The molecule has 4 heteroatoms. The summed E-state index contributed by atoms with van der Waals surface area (Å²) in [5.41, 5.74) is 5.79. The second kappa shape index (κ2) is 7.12. The molecule has 2 N–H and O–H groups in total. The van der Waals surface area contributed by atoms with E-state index in [-0.39, 0.29) is 5.82 Å². The first-order valence-electron chi connectivity index (χ1n) is 6.62. The van der Waals surface area contributed by atoms with Gasteiger partial charge in [0.15, 0.2) is 0 Å². The summed E-state index contributed by atoms with van der Waals surface area (Å²) >= 11 is 1.60. The van der Waals surface area contributed by atoms with Crippen LogP contribution in [0.4, 0.5) is 4.39 Å². The zero-order valence-electron chi connectivity index (χ0n) is 10.6. The number of likely N-dealkylation sites (tertiary alicyclic amines) is 1. The summed E-state index contributed by atoms with van der Waals surface area (Å²) in [6.45, 7) is 2.88. The van der Waals surface area contributed by atoms with Crippen molar-refractivity contribution < 1.29 is 4.39 Å². The molecular weight excluding hydrogens is 247 g/mol. The van der Waals surface area contributed by atoms with E-state index >= 15 is 0 Å². The molecule has 1 saturated heterocycles. The molecule has 2 rings (SSSR count). The maximum absolute atomic E-state index is 13.4. The topological polar surface area (TPSA) is 29.3 Å². The summed E-state index contributed by atoms with van der Waals surface area (Å²) in [5.74, 6) is 0.814. The van der Waals surface area contributed by atoms with Crippen molar-refractivity contribution in [3.8, 4) is 0 Å². The summed E-state index contributed by atoms with van der Waals surface area (Å²) in [6.07, 6.45) is 3.76. The molecule has 1 aromatic rings. The minimum Gasteiger partial charge on any atom is -0.329 e. The summed E-state index contributed by atoms with van der Waals surface area (Å²) in [6, 6.07) is 7.51. The molecule has 0 saturated carbocycles. The van der Waals surface area contributed by atoms with E-state index in [1.807, 2.05) is 12.1 Å². The number of piperidine rings is 1. The van der Waals surface area contributed by atoms with Crippen LogP contribution in [0.1, 0.15) is 19.3 Å². The van der Waals surface area contributed by atoms with Gasteiger partial charge in [0.2, 0.25) is 0 Å². The number of halogens is 1. The van der Waals surface area contributed by atoms with E-state index in [0.29, 0.717) is 6.04 Å².